The first-order valence-electron chi connectivity index (χ1n) is 3.40. The Morgan fingerprint density at radius 3 is 3.00 bits per heavy atom. The average Bonchev–Trinajstić information content (AvgIpc) is 2.68. The summed E-state index contributed by atoms with van der Waals surface area (Å²) >= 11 is 5.72. The highest BCUT2D eigenvalue weighted by Crippen LogP contribution is 2.38. The Balaban J connectivity index is 2.32. The van der Waals surface area contributed by atoms with Crippen LogP contribution in [0.15, 0.2) is 12.3 Å². The number of nitrogens with zero attached hydrogens (tertiary/aromatic N) is 1. The largest absolute Gasteiger partial charge is 0.260 e. The van der Waals surface area contributed by atoms with E-state index in [9.17, 15) is 0 Å². The minimum Gasteiger partial charge on any atom is -0.260 e. The second kappa shape index (κ2) is 2.24. The molecular formula is C8H7ClN. The number of halogens is 1. The lowest BCUT2D eigenvalue weighted by molar-refractivity contribution is 1.02. The average molecular weight is 153 g/mol. The monoisotopic (exact) mass is 152 g/mol. The maximum absolute atomic E-state index is 5.72. The van der Waals surface area contributed by atoms with Crippen LogP contribution in [0.3, 0.4) is 0 Å². The van der Waals surface area contributed by atoms with Gasteiger partial charge in [0.15, 0.2) is 0 Å². The molecule has 0 N–H and O–H groups in total. The van der Waals surface area contributed by atoms with Gasteiger partial charge >= 0.3 is 0 Å². The van der Waals surface area contributed by atoms with Gasteiger partial charge in [0.05, 0.1) is 10.7 Å². The number of aromatic nitrogens is 1. The highest BCUT2D eigenvalue weighted by atomic mass is 35.5. The summed E-state index contributed by atoms with van der Waals surface area (Å²) in [5, 5.41) is 0.678. The summed E-state index contributed by atoms with van der Waals surface area (Å²) in [4.78, 5) is 4.16. The molecule has 1 aliphatic carbocycles. The number of hydrogen-bond donors (Lipinski definition) is 0. The zero-order valence-electron chi connectivity index (χ0n) is 5.47. The van der Waals surface area contributed by atoms with E-state index in [1.807, 2.05) is 0 Å². The van der Waals surface area contributed by atoms with E-state index >= 15 is 0 Å². The van der Waals surface area contributed by atoms with Crippen molar-refractivity contribution in [3.63, 3.8) is 0 Å². The molecule has 1 fully saturated rings. The van der Waals surface area contributed by atoms with Gasteiger partial charge < -0.3 is 0 Å². The molecule has 0 spiro atoms. The van der Waals surface area contributed by atoms with Gasteiger partial charge in [-0.05, 0) is 18.9 Å². The van der Waals surface area contributed by atoms with Crippen molar-refractivity contribution in [3.8, 4) is 0 Å². The number of pyridine rings is 1. The van der Waals surface area contributed by atoms with E-state index in [0.29, 0.717) is 10.9 Å². The van der Waals surface area contributed by atoms with Crippen LogP contribution >= 0.6 is 11.6 Å². The van der Waals surface area contributed by atoms with E-state index in [0.717, 1.165) is 5.69 Å². The first-order chi connectivity index (χ1) is 4.86. The third-order valence-corrected chi connectivity index (χ3v) is 1.87. The molecule has 1 aromatic rings. The van der Waals surface area contributed by atoms with Gasteiger partial charge in [-0.25, -0.2) is 0 Å². The Kier molecular flexibility index (Phi) is 1.38. The predicted molar refractivity (Wildman–Crippen MR) is 40.1 cm³/mol. The molecule has 51 valence electrons. The molecule has 0 unspecified atom stereocenters. The lowest BCUT2D eigenvalue weighted by atomic mass is 10.2. The summed E-state index contributed by atoms with van der Waals surface area (Å²) in [6.45, 7) is 0. The molecule has 1 aromatic heterocycles. The molecule has 1 radical (unpaired) electrons. The quantitative estimate of drug-likeness (QED) is 0.602. The summed E-state index contributed by atoms with van der Waals surface area (Å²) in [5.74, 6) is 0.652. The van der Waals surface area contributed by atoms with Crippen molar-refractivity contribution in [1.82, 2.24) is 4.98 Å². The van der Waals surface area contributed by atoms with E-state index in [4.69, 9.17) is 11.6 Å². The van der Waals surface area contributed by atoms with Gasteiger partial charge in [0.2, 0.25) is 0 Å². The molecule has 0 aliphatic heterocycles. The van der Waals surface area contributed by atoms with Crippen molar-refractivity contribution < 1.29 is 0 Å². The van der Waals surface area contributed by atoms with Crippen LogP contribution < -0.4 is 0 Å². The van der Waals surface area contributed by atoms with Crippen LogP contribution in [0.4, 0.5) is 0 Å². The maximum Gasteiger partial charge on any atom is 0.0528 e. The predicted octanol–water partition coefficient (Wildman–Crippen LogP) is 2.41. The normalized spacial score (nSPS) is 17.3. The zero-order chi connectivity index (χ0) is 6.97. The van der Waals surface area contributed by atoms with E-state index in [-0.39, 0.29) is 0 Å². The van der Waals surface area contributed by atoms with Gasteiger partial charge in [-0.1, -0.05) is 11.6 Å². The minimum atomic E-state index is 0.652. The van der Waals surface area contributed by atoms with E-state index < -0.39 is 0 Å². The highest BCUT2D eigenvalue weighted by molar-refractivity contribution is 6.30. The van der Waals surface area contributed by atoms with Crippen molar-refractivity contribution in [1.29, 1.82) is 0 Å². The van der Waals surface area contributed by atoms with Gasteiger partial charge in [0.25, 0.3) is 0 Å². The molecule has 0 amide bonds. The Bertz CT molecular complexity index is 243. The van der Waals surface area contributed by atoms with E-state index in [1.165, 1.54) is 12.8 Å². The standard InChI is InChI=1S/C8H7ClN/c9-7-3-4-10-8(5-7)6-1-2-6/h3-4,6H,1-2H2. The van der Waals surface area contributed by atoms with Crippen LogP contribution in [0.25, 0.3) is 0 Å². The van der Waals surface area contributed by atoms with Crippen molar-refractivity contribution in [2.24, 2.45) is 0 Å². The summed E-state index contributed by atoms with van der Waals surface area (Å²) in [5.41, 5.74) is 1.03. The van der Waals surface area contributed by atoms with Crippen LogP contribution in [0, 0.1) is 6.07 Å². The molecular weight excluding hydrogens is 146 g/mol. The molecule has 2 rings (SSSR count). The van der Waals surface area contributed by atoms with Gasteiger partial charge in [0, 0.05) is 18.2 Å². The van der Waals surface area contributed by atoms with Gasteiger partial charge in [0.1, 0.15) is 0 Å². The fourth-order valence-electron chi connectivity index (χ4n) is 0.944. The number of hydrogen-bond acceptors (Lipinski definition) is 1. The smallest absolute Gasteiger partial charge is 0.0528 e. The first kappa shape index (κ1) is 6.17. The second-order valence-corrected chi connectivity index (χ2v) is 2.98. The molecule has 1 saturated carbocycles. The summed E-state index contributed by atoms with van der Waals surface area (Å²) in [6.07, 6.45) is 4.25. The van der Waals surface area contributed by atoms with Crippen molar-refractivity contribution in [2.75, 3.05) is 0 Å². The van der Waals surface area contributed by atoms with Crippen molar-refractivity contribution in [2.45, 2.75) is 18.8 Å². The Hall–Kier alpha value is -0.560. The second-order valence-electron chi connectivity index (χ2n) is 2.58. The third kappa shape index (κ3) is 1.14. The topological polar surface area (TPSA) is 12.9 Å². The molecule has 0 aromatic carbocycles. The fraction of sp³-hybridized carbons (Fsp3) is 0.375. The van der Waals surface area contributed by atoms with Gasteiger partial charge in [-0.15, -0.1) is 0 Å². The van der Waals surface area contributed by atoms with Crippen LogP contribution in [0.2, 0.25) is 5.02 Å². The van der Waals surface area contributed by atoms with E-state index in [2.05, 4.69) is 11.1 Å². The highest BCUT2D eigenvalue weighted by Gasteiger charge is 2.24. The van der Waals surface area contributed by atoms with Crippen molar-refractivity contribution in [3.05, 3.63) is 29.0 Å². The molecule has 0 bridgehead atoms. The third-order valence-electron chi connectivity index (χ3n) is 1.65. The SMILES string of the molecule is Clc1[c]c(C2CC2)ncc1. The Labute approximate surface area is 65.0 Å². The maximum atomic E-state index is 5.72. The fourth-order valence-corrected chi connectivity index (χ4v) is 1.10. The molecule has 0 atom stereocenters. The van der Waals surface area contributed by atoms with E-state index in [1.54, 1.807) is 12.3 Å². The minimum absolute atomic E-state index is 0.652. The number of rotatable bonds is 1. The Morgan fingerprint density at radius 2 is 2.40 bits per heavy atom. The van der Waals surface area contributed by atoms with Crippen LogP contribution in [-0.4, -0.2) is 4.98 Å². The Morgan fingerprint density at radius 1 is 1.60 bits per heavy atom. The summed E-state index contributed by atoms with van der Waals surface area (Å²) < 4.78 is 0. The molecule has 1 aliphatic rings. The first-order valence-corrected chi connectivity index (χ1v) is 3.78. The molecule has 10 heavy (non-hydrogen) atoms. The van der Waals surface area contributed by atoms with Crippen LogP contribution in [0.5, 0.6) is 0 Å². The summed E-state index contributed by atoms with van der Waals surface area (Å²) in [7, 11) is 0. The lowest BCUT2D eigenvalue weighted by Gasteiger charge is -1.93. The van der Waals surface area contributed by atoms with Crippen molar-refractivity contribution >= 4 is 11.6 Å². The molecule has 2 heteroatoms. The summed E-state index contributed by atoms with van der Waals surface area (Å²) in [6, 6.07) is 4.78. The molecule has 1 heterocycles. The zero-order valence-corrected chi connectivity index (χ0v) is 6.23. The van der Waals surface area contributed by atoms with Crippen LogP contribution in [0.1, 0.15) is 24.5 Å². The van der Waals surface area contributed by atoms with Gasteiger partial charge in [-0.2, -0.15) is 0 Å². The molecule has 1 nitrogen and oxygen atoms in total. The van der Waals surface area contributed by atoms with Gasteiger partial charge in [-0.3, -0.25) is 4.98 Å². The molecule has 0 saturated heterocycles. The van der Waals surface area contributed by atoms with Crippen LogP contribution in [-0.2, 0) is 0 Å². The lowest BCUT2D eigenvalue weighted by Crippen LogP contribution is -1.83.